The van der Waals surface area contributed by atoms with Gasteiger partial charge in [0, 0.05) is 29.6 Å². The number of hydrogen-bond acceptors (Lipinski definition) is 4. The van der Waals surface area contributed by atoms with Crippen LogP contribution in [0, 0.1) is 5.92 Å². The van der Waals surface area contributed by atoms with Gasteiger partial charge in [-0.2, -0.15) is 0 Å². The van der Waals surface area contributed by atoms with Gasteiger partial charge in [-0.25, -0.2) is 0 Å². The molecule has 1 saturated carbocycles. The predicted octanol–water partition coefficient (Wildman–Crippen LogP) is 1.49. The van der Waals surface area contributed by atoms with Crippen LogP contribution in [0.1, 0.15) is 25.3 Å². The maximum atomic E-state index is 11.2. The number of piperidine rings is 1. The maximum absolute atomic E-state index is 11.2. The molecule has 23 heavy (non-hydrogen) atoms. The van der Waals surface area contributed by atoms with E-state index in [9.17, 15) is 10.2 Å². The Morgan fingerprint density at radius 1 is 1.39 bits per heavy atom. The number of anilines is 1. The first kappa shape index (κ1) is 14.0. The minimum atomic E-state index is -1.08. The van der Waals surface area contributed by atoms with Gasteiger partial charge in [-0.3, -0.25) is 4.90 Å². The van der Waals surface area contributed by atoms with Crippen LogP contribution in [0.15, 0.2) is 36.4 Å². The summed E-state index contributed by atoms with van der Waals surface area (Å²) in [4.78, 5) is 2.41. The zero-order valence-electron chi connectivity index (χ0n) is 13.5. The van der Waals surface area contributed by atoms with Crippen LogP contribution < -0.4 is 5.32 Å². The van der Waals surface area contributed by atoms with Crippen molar-refractivity contribution >= 4 is 5.69 Å². The molecule has 6 atom stereocenters. The third-order valence-electron chi connectivity index (χ3n) is 7.15. The number of benzene rings is 1. The van der Waals surface area contributed by atoms with E-state index in [-0.39, 0.29) is 17.4 Å². The molecule has 1 aliphatic carbocycles. The van der Waals surface area contributed by atoms with Crippen molar-refractivity contribution in [2.75, 3.05) is 18.4 Å². The molecule has 1 spiro atoms. The summed E-state index contributed by atoms with van der Waals surface area (Å²) in [6.07, 6.45) is 1.24. The molecule has 3 aliphatic heterocycles. The van der Waals surface area contributed by atoms with E-state index in [1.807, 2.05) is 0 Å². The number of aliphatic hydroxyl groups is 2. The molecule has 2 bridgehead atoms. The molecule has 0 radical (unpaired) electrons. The SMILES string of the molecule is C=C1[C@H]2C[C@@H]3N(CC[C@@]34c3ccccc3N[C@@H]14)C[C@@]2(O)C(C)O. The zero-order valence-corrected chi connectivity index (χ0v) is 13.5. The molecule has 1 aromatic carbocycles. The van der Waals surface area contributed by atoms with E-state index < -0.39 is 11.7 Å². The monoisotopic (exact) mass is 312 g/mol. The Kier molecular flexibility index (Phi) is 2.55. The fourth-order valence-corrected chi connectivity index (χ4v) is 6.01. The van der Waals surface area contributed by atoms with E-state index in [2.05, 4.69) is 41.1 Å². The van der Waals surface area contributed by atoms with Gasteiger partial charge in [-0.15, -0.1) is 0 Å². The smallest absolute Gasteiger partial charge is 0.109 e. The number of fused-ring (bicyclic) bond motifs is 2. The van der Waals surface area contributed by atoms with E-state index in [0.29, 0.717) is 12.6 Å². The lowest BCUT2D eigenvalue weighted by atomic mass is 9.55. The number of aliphatic hydroxyl groups excluding tert-OH is 1. The Balaban J connectivity index is 1.69. The highest BCUT2D eigenvalue weighted by Crippen LogP contribution is 2.61. The molecule has 122 valence electrons. The van der Waals surface area contributed by atoms with Gasteiger partial charge >= 0.3 is 0 Å². The van der Waals surface area contributed by atoms with E-state index in [1.54, 1.807) is 6.92 Å². The lowest BCUT2D eigenvalue weighted by Gasteiger charge is -2.57. The first-order valence-corrected chi connectivity index (χ1v) is 8.68. The summed E-state index contributed by atoms with van der Waals surface area (Å²) in [7, 11) is 0. The van der Waals surface area contributed by atoms with E-state index in [0.717, 1.165) is 25.0 Å². The molecule has 3 fully saturated rings. The summed E-state index contributed by atoms with van der Waals surface area (Å²) >= 11 is 0. The number of para-hydroxylation sites is 1. The third kappa shape index (κ3) is 1.44. The Hall–Kier alpha value is -1.36. The van der Waals surface area contributed by atoms with Gasteiger partial charge in [-0.05, 0) is 43.5 Å². The van der Waals surface area contributed by atoms with Gasteiger partial charge < -0.3 is 15.5 Å². The molecule has 1 unspecified atom stereocenters. The first-order chi connectivity index (χ1) is 11.0. The van der Waals surface area contributed by atoms with Crippen molar-refractivity contribution in [2.24, 2.45) is 5.92 Å². The van der Waals surface area contributed by atoms with Crippen LogP contribution in [0.25, 0.3) is 0 Å². The molecule has 0 aromatic heterocycles. The highest BCUT2D eigenvalue weighted by atomic mass is 16.3. The number of rotatable bonds is 1. The second kappa shape index (κ2) is 4.18. The van der Waals surface area contributed by atoms with Gasteiger partial charge in [0.25, 0.3) is 0 Å². The van der Waals surface area contributed by atoms with Crippen molar-refractivity contribution in [2.45, 2.75) is 49.0 Å². The van der Waals surface area contributed by atoms with Gasteiger partial charge in [0.05, 0.1) is 12.1 Å². The molecule has 4 nitrogen and oxygen atoms in total. The average Bonchev–Trinajstić information content (AvgIpc) is 3.07. The Morgan fingerprint density at radius 2 is 2.17 bits per heavy atom. The lowest BCUT2D eigenvalue weighted by molar-refractivity contribution is -0.151. The van der Waals surface area contributed by atoms with E-state index in [4.69, 9.17) is 0 Å². The van der Waals surface area contributed by atoms with Crippen molar-refractivity contribution in [1.29, 1.82) is 0 Å². The van der Waals surface area contributed by atoms with Crippen LogP contribution in [0.3, 0.4) is 0 Å². The van der Waals surface area contributed by atoms with Crippen molar-refractivity contribution in [1.82, 2.24) is 4.90 Å². The van der Waals surface area contributed by atoms with Crippen LogP contribution in [0.2, 0.25) is 0 Å². The maximum Gasteiger partial charge on any atom is 0.109 e. The molecule has 3 heterocycles. The molecule has 2 saturated heterocycles. The average molecular weight is 312 g/mol. The highest BCUT2D eigenvalue weighted by molar-refractivity contribution is 5.67. The summed E-state index contributed by atoms with van der Waals surface area (Å²) in [5.41, 5.74) is 2.71. The van der Waals surface area contributed by atoms with Gasteiger partial charge in [0.15, 0.2) is 0 Å². The van der Waals surface area contributed by atoms with Crippen LogP contribution in [-0.4, -0.2) is 52.0 Å². The standard InChI is InChI=1S/C19H24N2O2/c1-11-14-9-16-18(7-8-21(16)10-19(14,23)12(2)22)13-5-3-4-6-15(13)20-17(11)18/h3-6,12,14,16-17,20,22-23H,1,7-10H2,2H3/t12?,14-,16+,17+,18-,19-/m1/s1. The number of nitrogens with zero attached hydrogens (tertiary/aromatic N) is 1. The largest absolute Gasteiger partial charge is 0.390 e. The van der Waals surface area contributed by atoms with Crippen molar-refractivity contribution < 1.29 is 10.2 Å². The normalized spacial score (nSPS) is 45.3. The highest BCUT2D eigenvalue weighted by Gasteiger charge is 2.67. The number of nitrogens with one attached hydrogen (secondary N) is 1. The molecule has 0 amide bonds. The van der Waals surface area contributed by atoms with Crippen LogP contribution in [-0.2, 0) is 5.41 Å². The van der Waals surface area contributed by atoms with Crippen LogP contribution >= 0.6 is 0 Å². The molecule has 3 N–H and O–H groups in total. The zero-order chi connectivity index (χ0) is 16.0. The second-order valence-corrected chi connectivity index (χ2v) is 7.93. The second-order valence-electron chi connectivity index (χ2n) is 7.93. The first-order valence-electron chi connectivity index (χ1n) is 8.68. The summed E-state index contributed by atoms with van der Waals surface area (Å²) in [5.74, 6) is -0.0400. The molecular weight excluding hydrogens is 288 g/mol. The summed E-state index contributed by atoms with van der Waals surface area (Å²) < 4.78 is 0. The fourth-order valence-electron chi connectivity index (χ4n) is 6.01. The predicted molar refractivity (Wildman–Crippen MR) is 89.4 cm³/mol. The summed E-state index contributed by atoms with van der Waals surface area (Å²) in [6.45, 7) is 7.64. The summed E-state index contributed by atoms with van der Waals surface area (Å²) in [5, 5.41) is 25.2. The van der Waals surface area contributed by atoms with Gasteiger partial charge in [0.1, 0.15) is 5.60 Å². The van der Waals surface area contributed by atoms with Crippen molar-refractivity contribution in [3.05, 3.63) is 42.0 Å². The van der Waals surface area contributed by atoms with E-state index in [1.165, 1.54) is 11.3 Å². The minimum absolute atomic E-state index is 0.0400. The molecule has 4 aliphatic rings. The summed E-state index contributed by atoms with van der Waals surface area (Å²) in [6, 6.07) is 9.22. The fraction of sp³-hybridized carbons (Fsp3) is 0.579. The van der Waals surface area contributed by atoms with E-state index >= 15 is 0 Å². The van der Waals surface area contributed by atoms with Crippen molar-refractivity contribution in [3.63, 3.8) is 0 Å². The lowest BCUT2D eigenvalue weighted by Crippen LogP contribution is -2.69. The Bertz CT molecular complexity index is 702. The topological polar surface area (TPSA) is 55.7 Å². The molecular formula is C19H24N2O2. The van der Waals surface area contributed by atoms with Gasteiger partial charge in [0.2, 0.25) is 0 Å². The van der Waals surface area contributed by atoms with Crippen molar-refractivity contribution in [3.8, 4) is 0 Å². The Labute approximate surface area is 136 Å². The van der Waals surface area contributed by atoms with Gasteiger partial charge in [-0.1, -0.05) is 24.8 Å². The quantitative estimate of drug-likeness (QED) is 0.688. The third-order valence-corrected chi connectivity index (χ3v) is 7.15. The molecule has 4 heteroatoms. The van der Waals surface area contributed by atoms with Crippen LogP contribution in [0.5, 0.6) is 0 Å². The molecule has 5 rings (SSSR count). The minimum Gasteiger partial charge on any atom is -0.390 e. The van der Waals surface area contributed by atoms with Crippen LogP contribution in [0.4, 0.5) is 5.69 Å². The molecule has 1 aromatic rings. The number of hydrogen-bond donors (Lipinski definition) is 3. The Morgan fingerprint density at radius 3 is 2.96 bits per heavy atom.